The van der Waals surface area contributed by atoms with Gasteiger partial charge in [0.1, 0.15) is 11.8 Å². The fraction of sp³-hybridized carbons (Fsp3) is 0.333. The van der Waals surface area contributed by atoms with Crippen LogP contribution in [0.3, 0.4) is 0 Å². The van der Waals surface area contributed by atoms with E-state index in [0.29, 0.717) is 28.8 Å². The van der Waals surface area contributed by atoms with Crippen molar-refractivity contribution in [1.82, 2.24) is 10.2 Å². The van der Waals surface area contributed by atoms with Gasteiger partial charge in [0.2, 0.25) is 5.91 Å². The number of halogens is 2. The normalized spacial score (nSPS) is 16.8. The highest BCUT2D eigenvalue weighted by atomic mass is 35.5. The van der Waals surface area contributed by atoms with Crippen molar-refractivity contribution in [2.45, 2.75) is 31.8 Å². The van der Waals surface area contributed by atoms with Crippen LogP contribution in [0.5, 0.6) is 5.75 Å². The molecule has 2 aromatic rings. The molecule has 28 heavy (non-hydrogen) atoms. The Morgan fingerprint density at radius 3 is 2.64 bits per heavy atom. The summed E-state index contributed by atoms with van der Waals surface area (Å²) in [7, 11) is 0. The van der Waals surface area contributed by atoms with E-state index < -0.39 is 6.04 Å². The molecule has 0 bridgehead atoms. The Kier molecular flexibility index (Phi) is 7.18. The second-order valence-corrected chi connectivity index (χ2v) is 7.49. The average molecular weight is 421 g/mol. The molecule has 2 amide bonds. The van der Waals surface area contributed by atoms with Gasteiger partial charge in [0, 0.05) is 13.1 Å². The van der Waals surface area contributed by atoms with Crippen molar-refractivity contribution in [1.29, 1.82) is 0 Å². The van der Waals surface area contributed by atoms with Crippen LogP contribution in [0.4, 0.5) is 0 Å². The zero-order chi connectivity index (χ0) is 19.9. The van der Waals surface area contributed by atoms with Crippen molar-refractivity contribution in [2.24, 2.45) is 0 Å². The minimum absolute atomic E-state index is 0.134. The van der Waals surface area contributed by atoms with Crippen LogP contribution in [0, 0.1) is 0 Å². The maximum atomic E-state index is 13.0. The number of hydrogen-bond acceptors (Lipinski definition) is 3. The summed E-state index contributed by atoms with van der Waals surface area (Å²) in [5, 5.41) is 3.75. The molecule has 148 valence electrons. The Bertz CT molecular complexity index is 830. The summed E-state index contributed by atoms with van der Waals surface area (Å²) in [4.78, 5) is 27.1. The molecule has 1 aliphatic rings. The van der Waals surface area contributed by atoms with Crippen LogP contribution in [-0.4, -0.2) is 35.9 Å². The van der Waals surface area contributed by atoms with Crippen molar-refractivity contribution in [3.63, 3.8) is 0 Å². The highest BCUT2D eigenvalue weighted by Crippen LogP contribution is 2.24. The minimum Gasteiger partial charge on any atom is -0.484 e. The summed E-state index contributed by atoms with van der Waals surface area (Å²) in [6.45, 7) is 0.742. The first-order chi connectivity index (χ1) is 13.5. The topological polar surface area (TPSA) is 58.6 Å². The molecule has 0 saturated carbocycles. The number of carbonyl (C=O) groups excluding carboxylic acids is 2. The molecule has 3 rings (SSSR count). The lowest BCUT2D eigenvalue weighted by atomic mass is 10.1. The molecular weight excluding hydrogens is 399 g/mol. The van der Waals surface area contributed by atoms with Crippen LogP contribution in [0.1, 0.15) is 24.8 Å². The van der Waals surface area contributed by atoms with E-state index in [1.807, 2.05) is 18.2 Å². The first-order valence-corrected chi connectivity index (χ1v) is 9.99. The highest BCUT2D eigenvalue weighted by Gasteiger charge is 2.31. The SMILES string of the molecule is O=C1NCCCCC1N(Cc1ccc(Cl)c(Cl)c1)C(=O)COc1ccccc1. The molecule has 0 spiro atoms. The Balaban J connectivity index is 1.79. The largest absolute Gasteiger partial charge is 0.484 e. The van der Waals surface area contributed by atoms with E-state index in [4.69, 9.17) is 27.9 Å². The van der Waals surface area contributed by atoms with Gasteiger partial charge in [-0.1, -0.05) is 47.5 Å². The summed E-state index contributed by atoms with van der Waals surface area (Å²) in [5.41, 5.74) is 0.805. The second kappa shape index (κ2) is 9.80. The van der Waals surface area contributed by atoms with Gasteiger partial charge in [-0.15, -0.1) is 0 Å². The lowest BCUT2D eigenvalue weighted by Gasteiger charge is -2.30. The third-order valence-electron chi connectivity index (χ3n) is 4.65. The van der Waals surface area contributed by atoms with Crippen LogP contribution < -0.4 is 10.1 Å². The number of amides is 2. The number of nitrogens with zero attached hydrogens (tertiary/aromatic N) is 1. The monoisotopic (exact) mass is 420 g/mol. The molecule has 1 saturated heterocycles. The van der Waals surface area contributed by atoms with E-state index in [2.05, 4.69) is 5.32 Å². The number of benzene rings is 2. The molecule has 1 heterocycles. The molecule has 1 atom stereocenters. The van der Waals surface area contributed by atoms with Gasteiger partial charge in [0.15, 0.2) is 6.61 Å². The van der Waals surface area contributed by atoms with Crippen LogP contribution in [0.15, 0.2) is 48.5 Å². The summed E-state index contributed by atoms with van der Waals surface area (Å²) < 4.78 is 5.62. The summed E-state index contributed by atoms with van der Waals surface area (Å²) in [6.07, 6.45) is 2.38. The van der Waals surface area contributed by atoms with E-state index in [1.54, 1.807) is 35.2 Å². The van der Waals surface area contributed by atoms with Gasteiger partial charge in [-0.05, 0) is 49.1 Å². The zero-order valence-corrected chi connectivity index (χ0v) is 16.9. The van der Waals surface area contributed by atoms with Crippen molar-refractivity contribution in [3.8, 4) is 5.75 Å². The third kappa shape index (κ3) is 5.40. The van der Waals surface area contributed by atoms with Crippen molar-refractivity contribution in [2.75, 3.05) is 13.2 Å². The molecule has 0 radical (unpaired) electrons. The summed E-state index contributed by atoms with van der Waals surface area (Å²) in [5.74, 6) is 0.221. The predicted molar refractivity (Wildman–Crippen MR) is 110 cm³/mol. The van der Waals surface area contributed by atoms with Gasteiger partial charge in [-0.2, -0.15) is 0 Å². The van der Waals surface area contributed by atoms with Gasteiger partial charge in [-0.25, -0.2) is 0 Å². The zero-order valence-electron chi connectivity index (χ0n) is 15.4. The average Bonchev–Trinajstić information content (AvgIpc) is 2.92. The maximum Gasteiger partial charge on any atom is 0.261 e. The standard InChI is InChI=1S/C21H22Cl2N2O3/c22-17-10-9-15(12-18(17)23)13-25(19-8-4-5-11-24-21(19)27)20(26)14-28-16-6-2-1-3-7-16/h1-3,6-7,9-10,12,19H,4-5,8,11,13-14H2,(H,24,27). The van der Waals surface area contributed by atoms with Gasteiger partial charge in [0.25, 0.3) is 5.91 Å². The van der Waals surface area contributed by atoms with Gasteiger partial charge >= 0.3 is 0 Å². The number of hydrogen-bond donors (Lipinski definition) is 1. The Labute approximate surface area is 174 Å². The molecule has 0 aromatic heterocycles. The Morgan fingerprint density at radius 2 is 1.89 bits per heavy atom. The number of rotatable bonds is 6. The number of carbonyl (C=O) groups is 2. The van der Waals surface area contributed by atoms with Crippen molar-refractivity contribution < 1.29 is 14.3 Å². The first-order valence-electron chi connectivity index (χ1n) is 9.23. The van der Waals surface area contributed by atoms with Crippen LogP contribution in [0.25, 0.3) is 0 Å². The van der Waals surface area contributed by atoms with E-state index in [0.717, 1.165) is 18.4 Å². The second-order valence-electron chi connectivity index (χ2n) is 6.67. The molecule has 1 unspecified atom stereocenters. The summed E-state index contributed by atoms with van der Waals surface area (Å²) >= 11 is 12.1. The molecule has 7 heteroatoms. The fourth-order valence-corrected chi connectivity index (χ4v) is 3.49. The van der Waals surface area contributed by atoms with Crippen molar-refractivity contribution in [3.05, 3.63) is 64.1 Å². The van der Waals surface area contributed by atoms with Crippen molar-refractivity contribution >= 4 is 35.0 Å². The Hall–Kier alpha value is -2.24. The summed E-state index contributed by atoms with van der Waals surface area (Å²) in [6, 6.07) is 13.8. The first kappa shape index (κ1) is 20.5. The van der Waals surface area contributed by atoms with E-state index in [9.17, 15) is 9.59 Å². The predicted octanol–water partition coefficient (Wildman–Crippen LogP) is 4.07. The van der Waals surface area contributed by atoms with Gasteiger partial charge in [0.05, 0.1) is 10.0 Å². The molecule has 1 N–H and O–H groups in total. The smallest absolute Gasteiger partial charge is 0.261 e. The minimum atomic E-state index is -0.538. The van der Waals surface area contributed by atoms with Crippen LogP contribution in [-0.2, 0) is 16.1 Å². The van der Waals surface area contributed by atoms with Crippen LogP contribution in [0.2, 0.25) is 10.0 Å². The molecule has 1 fully saturated rings. The molecule has 5 nitrogen and oxygen atoms in total. The highest BCUT2D eigenvalue weighted by molar-refractivity contribution is 6.42. The fourth-order valence-electron chi connectivity index (χ4n) is 3.17. The molecule has 1 aliphatic heterocycles. The lowest BCUT2D eigenvalue weighted by molar-refractivity contribution is -0.142. The molecular formula is C21H22Cl2N2O3. The Morgan fingerprint density at radius 1 is 1.11 bits per heavy atom. The van der Waals surface area contributed by atoms with Gasteiger partial charge < -0.3 is 15.0 Å². The van der Waals surface area contributed by atoms with E-state index in [1.165, 1.54) is 0 Å². The molecule has 2 aromatic carbocycles. The third-order valence-corrected chi connectivity index (χ3v) is 5.38. The maximum absolute atomic E-state index is 13.0. The molecule has 0 aliphatic carbocycles. The van der Waals surface area contributed by atoms with E-state index >= 15 is 0 Å². The number of para-hydroxylation sites is 1. The van der Waals surface area contributed by atoms with Crippen LogP contribution >= 0.6 is 23.2 Å². The van der Waals surface area contributed by atoms with E-state index in [-0.39, 0.29) is 25.0 Å². The van der Waals surface area contributed by atoms with Gasteiger partial charge in [-0.3, -0.25) is 9.59 Å². The lowest BCUT2D eigenvalue weighted by Crippen LogP contribution is -2.49. The number of ether oxygens (including phenoxy) is 1. The number of nitrogens with one attached hydrogen (secondary N) is 1. The quantitative estimate of drug-likeness (QED) is 0.765.